The number of ether oxygens (including phenoxy) is 2. The molecule has 0 bridgehead atoms. The van der Waals surface area contributed by atoms with Crippen molar-refractivity contribution in [3.63, 3.8) is 0 Å². The van der Waals surface area contributed by atoms with Crippen LogP contribution in [0.1, 0.15) is 47.3 Å². The third kappa shape index (κ3) is 4.43. The molecule has 198 valence electrons. The van der Waals surface area contributed by atoms with Crippen molar-refractivity contribution in [2.24, 2.45) is 0 Å². The monoisotopic (exact) mass is 517 g/mol. The van der Waals surface area contributed by atoms with E-state index in [4.69, 9.17) is 13.9 Å². The van der Waals surface area contributed by atoms with Gasteiger partial charge < -0.3 is 23.9 Å². The minimum atomic E-state index is -0.516. The Morgan fingerprint density at radius 2 is 1.68 bits per heavy atom. The maximum atomic E-state index is 13.2. The molecule has 0 radical (unpaired) electrons. The molecule has 0 saturated carbocycles. The van der Waals surface area contributed by atoms with Crippen molar-refractivity contribution in [2.45, 2.75) is 26.8 Å². The molecule has 3 heterocycles. The number of carbonyl (C=O) groups excluding carboxylic acids is 2. The summed E-state index contributed by atoms with van der Waals surface area (Å²) in [5.74, 6) is -0.0307. The number of hydrogen-bond donors (Lipinski definition) is 1. The van der Waals surface area contributed by atoms with Crippen molar-refractivity contribution in [1.29, 1.82) is 0 Å². The van der Waals surface area contributed by atoms with E-state index < -0.39 is 12.0 Å². The molecule has 1 fully saturated rings. The van der Waals surface area contributed by atoms with Gasteiger partial charge >= 0.3 is 12.1 Å². The highest BCUT2D eigenvalue weighted by Gasteiger charge is 2.36. The lowest BCUT2D eigenvalue weighted by atomic mass is 9.90. The van der Waals surface area contributed by atoms with Gasteiger partial charge in [-0.2, -0.15) is 0 Å². The van der Waals surface area contributed by atoms with Crippen molar-refractivity contribution in [2.75, 3.05) is 39.4 Å². The van der Waals surface area contributed by atoms with Crippen LogP contribution < -0.4 is 0 Å². The zero-order chi connectivity index (χ0) is 26.8. The van der Waals surface area contributed by atoms with Crippen LogP contribution in [-0.2, 0) is 9.47 Å². The summed E-state index contributed by atoms with van der Waals surface area (Å²) in [6.45, 7) is 7.72. The molecule has 5 rings (SSSR count). The number of aryl methyl sites for hydroxylation is 1. The number of esters is 1. The van der Waals surface area contributed by atoms with E-state index in [-0.39, 0.29) is 18.4 Å². The molecule has 0 spiro atoms. The van der Waals surface area contributed by atoms with Crippen LogP contribution in [0.5, 0.6) is 5.75 Å². The molecule has 4 aromatic rings. The quantitative estimate of drug-likeness (QED) is 0.355. The second-order valence-electron chi connectivity index (χ2n) is 9.14. The third-order valence-electron chi connectivity index (χ3n) is 6.96. The van der Waals surface area contributed by atoms with Gasteiger partial charge in [-0.1, -0.05) is 30.3 Å². The number of piperazine rings is 1. The lowest BCUT2D eigenvalue weighted by Gasteiger charge is -2.39. The van der Waals surface area contributed by atoms with Crippen LogP contribution in [-0.4, -0.2) is 71.3 Å². The fraction of sp³-hybridized carbons (Fsp3) is 0.345. The van der Waals surface area contributed by atoms with E-state index in [9.17, 15) is 14.7 Å². The Morgan fingerprint density at radius 3 is 2.34 bits per heavy atom. The predicted molar refractivity (Wildman–Crippen MR) is 142 cm³/mol. The van der Waals surface area contributed by atoms with Gasteiger partial charge in [-0.15, -0.1) is 0 Å². The summed E-state index contributed by atoms with van der Waals surface area (Å²) in [6.07, 6.45) is 1.37. The zero-order valence-electron chi connectivity index (χ0n) is 21.8. The van der Waals surface area contributed by atoms with Crippen molar-refractivity contribution in [3.8, 4) is 5.75 Å². The van der Waals surface area contributed by atoms with E-state index in [1.54, 1.807) is 31.9 Å². The minimum absolute atomic E-state index is 0.0583. The topological polar surface area (TPSA) is 105 Å². The highest BCUT2D eigenvalue weighted by atomic mass is 16.6. The molecule has 1 aliphatic heterocycles. The number of rotatable bonds is 6. The van der Waals surface area contributed by atoms with Crippen LogP contribution in [0.25, 0.3) is 21.7 Å². The van der Waals surface area contributed by atoms with Gasteiger partial charge in [-0.3, -0.25) is 9.88 Å². The number of phenols is 1. The van der Waals surface area contributed by atoms with Crippen molar-refractivity contribution in [3.05, 3.63) is 71.2 Å². The number of fused-ring (bicyclic) bond motifs is 3. The predicted octanol–water partition coefficient (Wildman–Crippen LogP) is 5.04. The second kappa shape index (κ2) is 10.7. The lowest BCUT2D eigenvalue weighted by molar-refractivity contribution is 0.0525. The van der Waals surface area contributed by atoms with E-state index in [1.807, 2.05) is 42.5 Å². The summed E-state index contributed by atoms with van der Waals surface area (Å²) in [4.78, 5) is 34.0. The molecule has 1 aliphatic rings. The summed E-state index contributed by atoms with van der Waals surface area (Å²) >= 11 is 0. The second-order valence-corrected chi connectivity index (χ2v) is 9.14. The number of benzene rings is 2. The zero-order valence-corrected chi connectivity index (χ0v) is 21.8. The molecule has 9 nitrogen and oxygen atoms in total. The summed E-state index contributed by atoms with van der Waals surface area (Å²) < 4.78 is 16.8. The van der Waals surface area contributed by atoms with Gasteiger partial charge in [0.15, 0.2) is 0 Å². The fourth-order valence-corrected chi connectivity index (χ4v) is 5.29. The van der Waals surface area contributed by atoms with E-state index in [1.165, 1.54) is 0 Å². The fourth-order valence-electron chi connectivity index (χ4n) is 5.29. The average molecular weight is 518 g/mol. The van der Waals surface area contributed by atoms with E-state index in [0.717, 1.165) is 0 Å². The smallest absolute Gasteiger partial charge is 0.409 e. The standard InChI is InChI=1S/C29H31N3O6/c1-4-36-28(34)22-18(3)38-27-20-11-7-6-10-19(20)26(33)24(23(22)27)25(21-12-8-9-13-30-21)31-14-16-32(17-15-31)29(35)37-5-2/h6-13,25,33H,4-5,14-17H2,1-3H3. The van der Waals surface area contributed by atoms with Gasteiger partial charge in [0.2, 0.25) is 0 Å². The molecule has 1 saturated heterocycles. The van der Waals surface area contributed by atoms with Crippen molar-refractivity contribution in [1.82, 2.24) is 14.8 Å². The largest absolute Gasteiger partial charge is 0.507 e. The molecule has 1 atom stereocenters. The first kappa shape index (κ1) is 25.5. The molecule has 1 amide bonds. The van der Waals surface area contributed by atoms with Crippen molar-refractivity contribution >= 4 is 33.8 Å². The van der Waals surface area contributed by atoms with Gasteiger partial charge in [0, 0.05) is 54.1 Å². The molecule has 2 aromatic heterocycles. The minimum Gasteiger partial charge on any atom is -0.507 e. The SMILES string of the molecule is CCOC(=O)c1c(C)oc2c1c(C(c1ccccn1)N1CCN(C(=O)OCC)CC1)c(O)c1ccccc12. The average Bonchev–Trinajstić information content (AvgIpc) is 3.29. The highest BCUT2D eigenvalue weighted by molar-refractivity contribution is 6.16. The summed E-state index contributed by atoms with van der Waals surface area (Å²) in [5.41, 5.74) is 2.04. The first-order valence-electron chi connectivity index (χ1n) is 12.9. The maximum absolute atomic E-state index is 13.2. The lowest BCUT2D eigenvalue weighted by Crippen LogP contribution is -2.50. The van der Waals surface area contributed by atoms with Crippen LogP contribution in [0.4, 0.5) is 4.79 Å². The number of carbonyl (C=O) groups is 2. The van der Waals surface area contributed by atoms with Gasteiger partial charge in [0.1, 0.15) is 22.7 Å². The molecule has 9 heteroatoms. The van der Waals surface area contributed by atoms with Gasteiger partial charge in [0.25, 0.3) is 0 Å². The van der Waals surface area contributed by atoms with Gasteiger partial charge in [-0.05, 0) is 32.9 Å². The summed E-state index contributed by atoms with van der Waals surface area (Å²) in [6, 6.07) is 12.5. The molecule has 1 N–H and O–H groups in total. The Morgan fingerprint density at radius 1 is 1.00 bits per heavy atom. The van der Waals surface area contributed by atoms with Crippen LogP contribution in [0, 0.1) is 6.92 Å². The number of nitrogens with zero attached hydrogens (tertiary/aromatic N) is 3. The molecular formula is C29H31N3O6. The normalized spacial score (nSPS) is 15.1. The number of phenolic OH excluding ortho intramolecular Hbond substituents is 1. The molecular weight excluding hydrogens is 486 g/mol. The van der Waals surface area contributed by atoms with Crippen LogP contribution in [0.3, 0.4) is 0 Å². The number of pyridine rings is 1. The summed E-state index contributed by atoms with van der Waals surface area (Å²) in [5, 5.41) is 13.7. The highest BCUT2D eigenvalue weighted by Crippen LogP contribution is 2.47. The molecule has 38 heavy (non-hydrogen) atoms. The molecule has 2 aromatic carbocycles. The van der Waals surface area contributed by atoms with E-state index in [2.05, 4.69) is 9.88 Å². The third-order valence-corrected chi connectivity index (χ3v) is 6.96. The Bertz CT molecular complexity index is 1470. The van der Waals surface area contributed by atoms with Crippen LogP contribution in [0.2, 0.25) is 0 Å². The number of furan rings is 1. The number of aromatic nitrogens is 1. The number of aromatic hydroxyl groups is 1. The first-order chi connectivity index (χ1) is 18.5. The number of amides is 1. The first-order valence-corrected chi connectivity index (χ1v) is 12.9. The molecule has 1 unspecified atom stereocenters. The van der Waals surface area contributed by atoms with Crippen molar-refractivity contribution < 1.29 is 28.6 Å². The van der Waals surface area contributed by atoms with Crippen LogP contribution >= 0.6 is 0 Å². The van der Waals surface area contributed by atoms with Gasteiger partial charge in [0.05, 0.1) is 24.9 Å². The van der Waals surface area contributed by atoms with E-state index in [0.29, 0.717) is 77.1 Å². The Hall–Kier alpha value is -4.11. The Balaban J connectivity index is 1.74. The van der Waals surface area contributed by atoms with E-state index >= 15 is 0 Å². The summed E-state index contributed by atoms with van der Waals surface area (Å²) in [7, 11) is 0. The van der Waals surface area contributed by atoms with Gasteiger partial charge in [-0.25, -0.2) is 9.59 Å². The molecule has 0 aliphatic carbocycles. The number of hydrogen-bond acceptors (Lipinski definition) is 8. The van der Waals surface area contributed by atoms with Crippen LogP contribution in [0.15, 0.2) is 53.1 Å². The Labute approximate surface area is 220 Å². The maximum Gasteiger partial charge on any atom is 0.409 e. The Kier molecular flexibility index (Phi) is 7.20.